The Hall–Kier alpha value is -5.05. The van der Waals surface area contributed by atoms with Crippen molar-refractivity contribution in [1.29, 1.82) is 0 Å². The Morgan fingerprint density at radius 2 is 1.40 bits per heavy atom. The molecular formula is C53H59N3O4S2. The van der Waals surface area contributed by atoms with Crippen molar-refractivity contribution < 1.29 is 14.3 Å². The van der Waals surface area contributed by atoms with Gasteiger partial charge in [-0.05, 0) is 109 Å². The first-order valence-electron chi connectivity index (χ1n) is 22.6. The largest absolute Gasteiger partial charge is 0.460 e. The van der Waals surface area contributed by atoms with Gasteiger partial charge in [0, 0.05) is 70.9 Å². The highest BCUT2D eigenvalue weighted by Crippen LogP contribution is 2.43. The Morgan fingerprint density at radius 1 is 0.758 bits per heavy atom. The summed E-state index contributed by atoms with van der Waals surface area (Å²) < 4.78 is 13.2. The minimum absolute atomic E-state index is 0.331. The first kappa shape index (κ1) is 43.6. The second-order valence-electron chi connectivity index (χ2n) is 17.1. The molecule has 2 aromatic heterocycles. The van der Waals surface area contributed by atoms with E-state index in [0.717, 1.165) is 136 Å². The number of hydrogen-bond acceptors (Lipinski definition) is 9. The van der Waals surface area contributed by atoms with Crippen LogP contribution in [0.15, 0.2) is 98.7 Å². The van der Waals surface area contributed by atoms with Gasteiger partial charge in [-0.1, -0.05) is 91.1 Å². The third kappa shape index (κ3) is 9.19. The molecule has 8 rings (SSSR count). The molecule has 1 atom stereocenters. The molecule has 0 spiro atoms. The van der Waals surface area contributed by atoms with Gasteiger partial charge in [0.25, 0.3) is 0 Å². The number of thioether (sulfide) groups is 1. The standard InChI is InChI=1S/C53H59N3O4S2/c1-7-11-25-55(26-12-8-2)40-20-15-35-30-42(51(57)59-45(35)33-40)48-22-17-37-29-38(18-23-47(37)61-48)53(5,6)39-19-24-49-44(32-39)54-50(62-49)43-31-36-16-21-41(34-46(36)60-52(43)58)56(27-13-9-3)28-14-10-4/h15-21,23-24,29-34,52,58H,7-14,25-28H2,1-6H3. The van der Waals surface area contributed by atoms with Gasteiger partial charge in [-0.2, -0.15) is 0 Å². The van der Waals surface area contributed by atoms with E-state index in [1.807, 2.05) is 24.3 Å². The fourth-order valence-electron chi connectivity index (χ4n) is 8.29. The van der Waals surface area contributed by atoms with Crippen molar-refractivity contribution in [2.24, 2.45) is 0 Å². The van der Waals surface area contributed by atoms with E-state index < -0.39 is 6.29 Å². The summed E-state index contributed by atoms with van der Waals surface area (Å²) in [6.07, 6.45) is 12.0. The van der Waals surface area contributed by atoms with E-state index in [9.17, 15) is 9.90 Å². The number of anilines is 2. The monoisotopic (exact) mass is 865 g/mol. The first-order valence-corrected chi connectivity index (χ1v) is 24.2. The van der Waals surface area contributed by atoms with Crippen molar-refractivity contribution in [1.82, 2.24) is 4.98 Å². The van der Waals surface area contributed by atoms with Crippen LogP contribution in [0.3, 0.4) is 0 Å². The average Bonchev–Trinajstić information content (AvgIpc) is 3.71. The van der Waals surface area contributed by atoms with Gasteiger partial charge in [-0.25, -0.2) is 9.78 Å². The number of aliphatic hydroxyl groups excluding tert-OH is 1. The van der Waals surface area contributed by atoms with Crippen LogP contribution in [0.25, 0.3) is 43.8 Å². The molecule has 62 heavy (non-hydrogen) atoms. The maximum absolute atomic E-state index is 13.5. The summed E-state index contributed by atoms with van der Waals surface area (Å²) >= 11 is 3.13. The number of fused-ring (bicyclic) bond motifs is 4. The molecule has 6 aromatic rings. The number of ether oxygens (including phenoxy) is 1. The lowest BCUT2D eigenvalue weighted by molar-refractivity contribution is 0.0320. The van der Waals surface area contributed by atoms with Crippen molar-refractivity contribution in [3.63, 3.8) is 0 Å². The molecule has 0 radical (unpaired) electrons. The number of nitrogens with zero attached hydrogens (tertiary/aromatic N) is 3. The predicted octanol–water partition coefficient (Wildman–Crippen LogP) is 13.6. The highest BCUT2D eigenvalue weighted by Gasteiger charge is 2.28. The van der Waals surface area contributed by atoms with Crippen LogP contribution >= 0.6 is 23.1 Å². The second-order valence-corrected chi connectivity index (χ2v) is 19.2. The lowest BCUT2D eigenvalue weighted by Gasteiger charge is -2.28. The summed E-state index contributed by atoms with van der Waals surface area (Å²) in [6.45, 7) is 17.4. The van der Waals surface area contributed by atoms with Gasteiger partial charge in [-0.3, -0.25) is 0 Å². The highest BCUT2D eigenvalue weighted by atomic mass is 32.2. The smallest absolute Gasteiger partial charge is 0.345 e. The number of benzene rings is 4. The summed E-state index contributed by atoms with van der Waals surface area (Å²) in [5.41, 5.74) is 12.0. The van der Waals surface area contributed by atoms with Crippen molar-refractivity contribution in [3.05, 3.63) is 128 Å². The molecule has 2 aliphatic rings. The van der Waals surface area contributed by atoms with Gasteiger partial charge >= 0.3 is 5.63 Å². The van der Waals surface area contributed by atoms with Gasteiger partial charge < -0.3 is 24.1 Å². The third-order valence-electron chi connectivity index (χ3n) is 12.3. The van der Waals surface area contributed by atoms with Gasteiger partial charge in [-0.15, -0.1) is 17.1 Å². The summed E-state index contributed by atoms with van der Waals surface area (Å²) in [4.78, 5) is 25.2. The molecule has 0 saturated carbocycles. The summed E-state index contributed by atoms with van der Waals surface area (Å²) in [6, 6.07) is 27.6. The molecule has 0 saturated heterocycles. The lowest BCUT2D eigenvalue weighted by Crippen LogP contribution is -2.26. The molecule has 7 nitrogen and oxygen atoms in total. The summed E-state index contributed by atoms with van der Waals surface area (Å²) in [5, 5.41) is 12.9. The highest BCUT2D eigenvalue weighted by molar-refractivity contribution is 8.08. The Balaban J connectivity index is 1.01. The molecule has 4 aromatic carbocycles. The zero-order chi connectivity index (χ0) is 43.4. The van der Waals surface area contributed by atoms with E-state index in [1.165, 1.54) is 5.56 Å². The molecule has 0 amide bonds. The van der Waals surface area contributed by atoms with Crippen LogP contribution in [0.2, 0.25) is 0 Å². The predicted molar refractivity (Wildman–Crippen MR) is 263 cm³/mol. The van der Waals surface area contributed by atoms with E-state index in [2.05, 4.69) is 124 Å². The van der Waals surface area contributed by atoms with Crippen LogP contribution in [0, 0.1) is 0 Å². The van der Waals surface area contributed by atoms with E-state index in [4.69, 9.17) is 14.1 Å². The SMILES string of the molecule is CCCCN(CCCC)c1ccc2c(c1)OC(O)C(c1nc3cc(C(C)(C)c4ccc5c(c4)C=C=C(c4cc6ccc(N(CCCC)CCCC)cc6oc4=O)S5)ccc3s1)=C2. The van der Waals surface area contributed by atoms with Crippen LogP contribution in [0.1, 0.15) is 126 Å². The van der Waals surface area contributed by atoms with Gasteiger partial charge in [0.1, 0.15) is 16.3 Å². The maximum atomic E-state index is 13.5. The molecule has 2 aliphatic heterocycles. The van der Waals surface area contributed by atoms with Crippen molar-refractivity contribution >= 4 is 78.3 Å². The van der Waals surface area contributed by atoms with E-state index in [0.29, 0.717) is 22.5 Å². The van der Waals surface area contributed by atoms with Crippen molar-refractivity contribution in [3.8, 4) is 5.75 Å². The van der Waals surface area contributed by atoms with E-state index in [1.54, 1.807) is 23.1 Å². The summed E-state index contributed by atoms with van der Waals surface area (Å²) in [7, 11) is 0. The topological polar surface area (TPSA) is 79.0 Å². The molecule has 9 heteroatoms. The Morgan fingerprint density at radius 3 is 2.10 bits per heavy atom. The zero-order valence-electron chi connectivity index (χ0n) is 37.1. The molecular weight excluding hydrogens is 807 g/mol. The number of unbranched alkanes of at least 4 members (excludes halogenated alkanes) is 4. The van der Waals surface area contributed by atoms with Gasteiger partial charge in [0.05, 0.1) is 26.3 Å². The van der Waals surface area contributed by atoms with Crippen molar-refractivity contribution in [2.45, 2.75) is 110 Å². The molecule has 322 valence electrons. The first-order chi connectivity index (χ1) is 30.1. The number of aliphatic hydroxyl groups is 1. The van der Waals surface area contributed by atoms with E-state index in [-0.39, 0.29) is 11.0 Å². The normalized spacial score (nSPS) is 14.7. The molecule has 0 fully saturated rings. The van der Waals surface area contributed by atoms with Gasteiger partial charge in [0.2, 0.25) is 6.29 Å². The number of thiazole rings is 1. The third-order valence-corrected chi connectivity index (χ3v) is 14.5. The minimum atomic E-state index is -1.10. The summed E-state index contributed by atoms with van der Waals surface area (Å²) in [5.74, 6) is 0.701. The Kier molecular flexibility index (Phi) is 13.5. The lowest BCUT2D eigenvalue weighted by atomic mass is 9.77. The maximum Gasteiger partial charge on any atom is 0.345 e. The molecule has 4 heterocycles. The molecule has 1 unspecified atom stereocenters. The number of hydrogen-bond donors (Lipinski definition) is 1. The number of aromatic nitrogens is 1. The Labute approximate surface area is 374 Å². The van der Waals surface area contributed by atoms with Crippen molar-refractivity contribution in [2.75, 3.05) is 36.0 Å². The van der Waals surface area contributed by atoms with Crippen LogP contribution in [-0.2, 0) is 5.41 Å². The van der Waals surface area contributed by atoms with Crippen LogP contribution in [0.5, 0.6) is 5.75 Å². The van der Waals surface area contributed by atoms with Crippen LogP contribution in [0.4, 0.5) is 11.4 Å². The quantitative estimate of drug-likeness (QED) is 0.0676. The molecule has 0 aliphatic carbocycles. The Bertz CT molecular complexity index is 2720. The second kappa shape index (κ2) is 19.1. The zero-order valence-corrected chi connectivity index (χ0v) is 38.7. The van der Waals surface area contributed by atoms with Gasteiger partial charge in [0.15, 0.2) is 0 Å². The van der Waals surface area contributed by atoms with E-state index >= 15 is 0 Å². The fraction of sp³-hybridized carbons (Fsp3) is 0.377. The fourth-order valence-corrected chi connectivity index (χ4v) is 10.2. The van der Waals surface area contributed by atoms with Crippen LogP contribution in [-0.4, -0.2) is 42.6 Å². The number of rotatable bonds is 18. The minimum Gasteiger partial charge on any atom is -0.460 e. The molecule has 1 N–H and O–H groups in total. The van der Waals surface area contributed by atoms with Crippen LogP contribution < -0.4 is 20.2 Å². The average molecular weight is 866 g/mol. The molecule has 0 bridgehead atoms.